The first-order valence-corrected chi connectivity index (χ1v) is 11.4. The summed E-state index contributed by atoms with van der Waals surface area (Å²) in [5.41, 5.74) is 0.851. The number of aromatic nitrogens is 2. The first-order valence-electron chi connectivity index (χ1n) is 9.89. The summed E-state index contributed by atoms with van der Waals surface area (Å²) in [4.78, 5) is 31.5. The van der Waals surface area contributed by atoms with Crippen LogP contribution in [0.5, 0.6) is 0 Å². The van der Waals surface area contributed by atoms with E-state index < -0.39 is 27.3 Å². The molecule has 0 bridgehead atoms. The molecule has 1 amide bonds. The van der Waals surface area contributed by atoms with Crippen LogP contribution in [0.2, 0.25) is 0 Å². The number of carbonyl (C=O) groups is 1. The predicted octanol–water partition coefficient (Wildman–Crippen LogP) is 3.35. The van der Waals surface area contributed by atoms with Gasteiger partial charge in [-0.25, -0.2) is 12.8 Å². The van der Waals surface area contributed by atoms with Crippen LogP contribution in [0.3, 0.4) is 0 Å². The zero-order valence-electron chi connectivity index (χ0n) is 17.4. The molecule has 0 aliphatic carbocycles. The molecule has 0 aliphatic heterocycles. The fourth-order valence-electron chi connectivity index (χ4n) is 3.33. The van der Waals surface area contributed by atoms with Crippen molar-refractivity contribution >= 4 is 32.5 Å². The highest BCUT2D eigenvalue weighted by molar-refractivity contribution is 7.92. The summed E-state index contributed by atoms with van der Waals surface area (Å²) in [6.45, 7) is 1.78. The summed E-state index contributed by atoms with van der Waals surface area (Å²) in [7, 11) is -4.04. The number of fused-ring (bicyclic) bond motifs is 1. The van der Waals surface area contributed by atoms with E-state index in [2.05, 4.69) is 20.0 Å². The molecule has 0 fully saturated rings. The van der Waals surface area contributed by atoms with Gasteiger partial charge in [0.2, 0.25) is 5.56 Å². The first kappa shape index (κ1) is 22.2. The van der Waals surface area contributed by atoms with Crippen molar-refractivity contribution in [1.29, 1.82) is 0 Å². The van der Waals surface area contributed by atoms with E-state index in [9.17, 15) is 22.4 Å². The average molecular weight is 466 g/mol. The zero-order valence-corrected chi connectivity index (χ0v) is 18.2. The molecule has 2 aromatic heterocycles. The molecule has 0 saturated carbocycles. The highest BCUT2D eigenvalue weighted by Crippen LogP contribution is 2.23. The number of hydrogen-bond acceptors (Lipinski definition) is 5. The molecular weight excluding hydrogens is 447 g/mol. The van der Waals surface area contributed by atoms with Crippen LogP contribution in [0, 0.1) is 5.82 Å². The lowest BCUT2D eigenvalue weighted by atomic mass is 10.1. The Morgan fingerprint density at radius 1 is 1.03 bits per heavy atom. The lowest BCUT2D eigenvalue weighted by molar-refractivity contribution is 0.0941. The van der Waals surface area contributed by atoms with Crippen molar-refractivity contribution in [3.63, 3.8) is 0 Å². The monoisotopic (exact) mass is 466 g/mol. The van der Waals surface area contributed by atoms with Gasteiger partial charge >= 0.3 is 0 Å². The first-order chi connectivity index (χ1) is 15.7. The summed E-state index contributed by atoms with van der Waals surface area (Å²) in [5, 5.41) is 3.08. The Morgan fingerprint density at radius 2 is 1.73 bits per heavy atom. The maximum absolute atomic E-state index is 13.1. The lowest BCUT2D eigenvalue weighted by Crippen LogP contribution is -2.28. The Bertz CT molecular complexity index is 1490. The van der Waals surface area contributed by atoms with Gasteiger partial charge in [0.25, 0.3) is 15.9 Å². The molecule has 33 heavy (non-hydrogen) atoms. The quantitative estimate of drug-likeness (QED) is 0.402. The van der Waals surface area contributed by atoms with E-state index in [1.54, 1.807) is 31.5 Å². The molecular formula is C23H19FN4O4S. The number of rotatable bonds is 6. The molecule has 8 nitrogen and oxygen atoms in total. The maximum Gasteiger partial charge on any atom is 0.261 e. The molecule has 0 radical (unpaired) electrons. The Labute approximate surface area is 188 Å². The minimum atomic E-state index is -4.04. The standard InChI is InChI=1S/C23H19FN4O4S/c1-14(15-8-10-25-11-9-15)26-23(30)20-13-22(29)27-21-7-6-18(12-19(20)21)33(31,32)28-17-4-2-16(24)3-5-17/h2-14,28H,1H3,(H,26,30)(H,27,29). The molecule has 0 aliphatic rings. The third-order valence-corrected chi connectivity index (χ3v) is 6.40. The van der Waals surface area contributed by atoms with E-state index in [4.69, 9.17) is 0 Å². The van der Waals surface area contributed by atoms with Gasteiger partial charge in [-0.3, -0.25) is 19.3 Å². The maximum atomic E-state index is 13.1. The molecule has 0 saturated heterocycles. The predicted molar refractivity (Wildman–Crippen MR) is 122 cm³/mol. The molecule has 4 rings (SSSR count). The molecule has 10 heteroatoms. The number of benzene rings is 2. The van der Waals surface area contributed by atoms with Crippen molar-refractivity contribution in [2.75, 3.05) is 4.72 Å². The van der Waals surface area contributed by atoms with Gasteiger partial charge in [-0.15, -0.1) is 0 Å². The van der Waals surface area contributed by atoms with Gasteiger partial charge in [-0.1, -0.05) is 0 Å². The summed E-state index contributed by atoms with van der Waals surface area (Å²) >= 11 is 0. The third-order valence-electron chi connectivity index (χ3n) is 5.02. The second-order valence-corrected chi connectivity index (χ2v) is 9.03. The van der Waals surface area contributed by atoms with E-state index in [0.29, 0.717) is 5.52 Å². The van der Waals surface area contributed by atoms with Gasteiger partial charge < -0.3 is 10.3 Å². The lowest BCUT2D eigenvalue weighted by Gasteiger charge is -2.15. The fourth-order valence-corrected chi connectivity index (χ4v) is 4.41. The number of hydrogen-bond donors (Lipinski definition) is 3. The number of anilines is 1. The Kier molecular flexibility index (Phi) is 5.93. The normalized spacial score (nSPS) is 12.3. The van der Waals surface area contributed by atoms with Crippen molar-refractivity contribution in [2.24, 2.45) is 0 Å². The van der Waals surface area contributed by atoms with Gasteiger partial charge in [-0.05, 0) is 67.1 Å². The Hall–Kier alpha value is -4.05. The number of carbonyl (C=O) groups excluding carboxylic acids is 1. The van der Waals surface area contributed by atoms with Crippen LogP contribution in [-0.4, -0.2) is 24.3 Å². The van der Waals surface area contributed by atoms with Crippen molar-refractivity contribution < 1.29 is 17.6 Å². The molecule has 0 spiro atoms. The highest BCUT2D eigenvalue weighted by atomic mass is 32.2. The Morgan fingerprint density at radius 3 is 2.42 bits per heavy atom. The molecule has 2 heterocycles. The van der Waals surface area contributed by atoms with Crippen molar-refractivity contribution in [3.05, 3.63) is 100 Å². The molecule has 3 N–H and O–H groups in total. The Balaban J connectivity index is 1.70. The smallest absolute Gasteiger partial charge is 0.261 e. The second kappa shape index (κ2) is 8.83. The number of nitrogens with one attached hydrogen (secondary N) is 3. The van der Waals surface area contributed by atoms with Gasteiger partial charge in [-0.2, -0.15) is 0 Å². The van der Waals surface area contributed by atoms with E-state index in [1.165, 1.54) is 30.3 Å². The van der Waals surface area contributed by atoms with Crippen molar-refractivity contribution in [1.82, 2.24) is 15.3 Å². The van der Waals surface area contributed by atoms with Gasteiger partial charge in [0.1, 0.15) is 5.82 Å². The summed E-state index contributed by atoms with van der Waals surface area (Å²) in [5.74, 6) is -1.03. The van der Waals surface area contributed by atoms with Gasteiger partial charge in [0.05, 0.1) is 16.5 Å². The van der Waals surface area contributed by atoms with Crippen LogP contribution in [0.25, 0.3) is 10.9 Å². The summed E-state index contributed by atoms with van der Waals surface area (Å²) in [6.07, 6.45) is 3.21. The van der Waals surface area contributed by atoms with Crippen LogP contribution in [-0.2, 0) is 10.0 Å². The minimum Gasteiger partial charge on any atom is -0.345 e. The van der Waals surface area contributed by atoms with Crippen LogP contribution >= 0.6 is 0 Å². The van der Waals surface area contributed by atoms with E-state index in [-0.39, 0.29) is 27.6 Å². The van der Waals surface area contributed by atoms with Gasteiger partial charge in [0, 0.05) is 35.1 Å². The highest BCUT2D eigenvalue weighted by Gasteiger charge is 2.19. The number of halogens is 1. The third kappa shape index (κ3) is 4.90. The number of H-pyrrole nitrogens is 1. The molecule has 2 aromatic carbocycles. The zero-order chi connectivity index (χ0) is 23.6. The number of amides is 1. The van der Waals surface area contributed by atoms with Crippen LogP contribution < -0.4 is 15.6 Å². The van der Waals surface area contributed by atoms with Crippen LogP contribution in [0.4, 0.5) is 10.1 Å². The molecule has 1 unspecified atom stereocenters. The summed E-state index contributed by atoms with van der Waals surface area (Å²) in [6, 6.07) is 13.2. The van der Waals surface area contributed by atoms with E-state index in [1.807, 2.05) is 0 Å². The van der Waals surface area contributed by atoms with E-state index >= 15 is 0 Å². The fraction of sp³-hybridized carbons (Fsp3) is 0.0870. The topological polar surface area (TPSA) is 121 Å². The molecule has 4 aromatic rings. The van der Waals surface area contributed by atoms with Gasteiger partial charge in [0.15, 0.2) is 0 Å². The SMILES string of the molecule is CC(NC(=O)c1cc(=O)[nH]c2ccc(S(=O)(=O)Nc3ccc(F)cc3)cc12)c1ccncc1. The molecule has 168 valence electrons. The summed E-state index contributed by atoms with van der Waals surface area (Å²) < 4.78 is 41.2. The van der Waals surface area contributed by atoms with Crippen molar-refractivity contribution in [3.8, 4) is 0 Å². The molecule has 1 atom stereocenters. The van der Waals surface area contributed by atoms with Crippen molar-refractivity contribution in [2.45, 2.75) is 17.9 Å². The number of nitrogens with zero attached hydrogens (tertiary/aromatic N) is 1. The largest absolute Gasteiger partial charge is 0.345 e. The number of sulfonamides is 1. The number of aromatic amines is 1. The minimum absolute atomic E-state index is 0.0356. The number of pyridine rings is 2. The average Bonchev–Trinajstić information content (AvgIpc) is 2.80. The second-order valence-electron chi connectivity index (χ2n) is 7.34. The van der Waals surface area contributed by atoms with E-state index in [0.717, 1.165) is 23.8 Å². The van der Waals surface area contributed by atoms with Crippen LogP contribution in [0.15, 0.2) is 82.7 Å². The van der Waals surface area contributed by atoms with Crippen LogP contribution in [0.1, 0.15) is 28.9 Å².